The first kappa shape index (κ1) is 19.5. The predicted molar refractivity (Wildman–Crippen MR) is 120 cm³/mol. The van der Waals surface area contributed by atoms with Crippen molar-refractivity contribution in [3.05, 3.63) is 84.9 Å². The number of para-hydroxylation sites is 2. The lowest BCUT2D eigenvalue weighted by molar-refractivity contribution is 0.415. The zero-order valence-electron chi connectivity index (χ0n) is 17.3. The van der Waals surface area contributed by atoms with Gasteiger partial charge < -0.3 is 14.2 Å². The first-order valence-corrected chi connectivity index (χ1v) is 9.67. The number of rotatable bonds is 6. The lowest BCUT2D eigenvalue weighted by Crippen LogP contribution is -1.95. The van der Waals surface area contributed by atoms with E-state index in [1.807, 2.05) is 72.8 Å². The van der Waals surface area contributed by atoms with Gasteiger partial charge in [0.1, 0.15) is 17.2 Å². The zero-order valence-corrected chi connectivity index (χ0v) is 17.3. The number of hydrogen-bond donors (Lipinski definition) is 0. The summed E-state index contributed by atoms with van der Waals surface area (Å²) in [5.74, 6) is 2.38. The van der Waals surface area contributed by atoms with Crippen LogP contribution in [0.1, 0.15) is 0 Å². The average molecular weight is 397 g/mol. The smallest absolute Gasteiger partial charge is 0.128 e. The normalized spacial score (nSPS) is 10.5. The van der Waals surface area contributed by atoms with Crippen molar-refractivity contribution in [2.24, 2.45) is 0 Å². The maximum absolute atomic E-state index is 5.58. The average Bonchev–Trinajstić information content (AvgIpc) is 2.83. The molecule has 4 rings (SSSR count). The van der Waals surface area contributed by atoms with E-state index in [0.29, 0.717) is 0 Å². The van der Waals surface area contributed by atoms with Crippen molar-refractivity contribution in [3.8, 4) is 50.9 Å². The third kappa shape index (κ3) is 3.85. The molecule has 0 aliphatic carbocycles. The van der Waals surface area contributed by atoms with E-state index in [9.17, 15) is 0 Å². The maximum atomic E-state index is 5.58. The van der Waals surface area contributed by atoms with Crippen molar-refractivity contribution < 1.29 is 14.2 Å². The highest BCUT2D eigenvalue weighted by molar-refractivity contribution is 5.80. The molecule has 1 heterocycles. The molecule has 30 heavy (non-hydrogen) atoms. The largest absolute Gasteiger partial charge is 0.497 e. The molecule has 0 spiro atoms. The van der Waals surface area contributed by atoms with Gasteiger partial charge in [0.15, 0.2) is 0 Å². The van der Waals surface area contributed by atoms with Crippen molar-refractivity contribution in [2.75, 3.05) is 21.3 Å². The van der Waals surface area contributed by atoms with Gasteiger partial charge in [0, 0.05) is 11.1 Å². The Morgan fingerprint density at radius 1 is 0.533 bits per heavy atom. The summed E-state index contributed by atoms with van der Waals surface area (Å²) in [7, 11) is 5.02. The molecule has 3 aromatic carbocycles. The summed E-state index contributed by atoms with van der Waals surface area (Å²) in [6.45, 7) is 0. The molecule has 0 aliphatic rings. The molecule has 1 aromatic heterocycles. The van der Waals surface area contributed by atoms with Gasteiger partial charge in [-0.05, 0) is 59.7 Å². The number of aromatic nitrogens is 1. The Kier molecular flexibility index (Phi) is 5.66. The van der Waals surface area contributed by atoms with E-state index in [1.54, 1.807) is 21.3 Å². The lowest BCUT2D eigenvalue weighted by Gasteiger charge is -2.14. The molecule has 0 radical (unpaired) electrons. The first-order chi connectivity index (χ1) is 14.7. The van der Waals surface area contributed by atoms with Gasteiger partial charge in [-0.1, -0.05) is 36.4 Å². The van der Waals surface area contributed by atoms with Crippen molar-refractivity contribution in [2.45, 2.75) is 0 Å². The van der Waals surface area contributed by atoms with Gasteiger partial charge >= 0.3 is 0 Å². The molecule has 4 nitrogen and oxygen atoms in total. The topological polar surface area (TPSA) is 40.6 Å². The minimum absolute atomic E-state index is 0.780. The van der Waals surface area contributed by atoms with Crippen molar-refractivity contribution >= 4 is 0 Å². The molecule has 0 atom stereocenters. The Morgan fingerprint density at radius 2 is 1.03 bits per heavy atom. The molecule has 150 valence electrons. The Hall–Kier alpha value is -3.79. The number of ether oxygens (including phenoxy) is 3. The second-order valence-electron chi connectivity index (χ2n) is 6.76. The summed E-state index contributed by atoms with van der Waals surface area (Å²) >= 11 is 0. The summed E-state index contributed by atoms with van der Waals surface area (Å²) in [5, 5.41) is 0. The van der Waals surface area contributed by atoms with Gasteiger partial charge in [-0.2, -0.15) is 0 Å². The number of hydrogen-bond acceptors (Lipinski definition) is 4. The van der Waals surface area contributed by atoms with Crippen LogP contribution in [0.4, 0.5) is 0 Å². The van der Waals surface area contributed by atoms with Gasteiger partial charge in [0.25, 0.3) is 0 Å². The molecule has 0 saturated carbocycles. The standard InChI is InChI=1S/C26H23NO3/c1-28-20-14-12-18(13-15-20)19-16-23(21-8-4-6-10-25(21)29-2)27-24(17-19)22-9-5-7-11-26(22)30-3/h4-17H,1-3H3. The van der Waals surface area contributed by atoms with Gasteiger partial charge in [-0.15, -0.1) is 0 Å². The zero-order chi connectivity index (χ0) is 20.9. The minimum Gasteiger partial charge on any atom is -0.497 e. The van der Waals surface area contributed by atoms with E-state index in [0.717, 1.165) is 50.9 Å². The molecule has 0 N–H and O–H groups in total. The lowest BCUT2D eigenvalue weighted by atomic mass is 9.99. The van der Waals surface area contributed by atoms with Crippen LogP contribution < -0.4 is 14.2 Å². The van der Waals surface area contributed by atoms with E-state index in [2.05, 4.69) is 12.1 Å². The monoisotopic (exact) mass is 397 g/mol. The Bertz CT molecular complexity index is 1090. The number of benzene rings is 3. The molecule has 0 amide bonds. The molecule has 0 bridgehead atoms. The summed E-state index contributed by atoms with van der Waals surface area (Å²) in [6.07, 6.45) is 0. The third-order valence-electron chi connectivity index (χ3n) is 5.01. The Balaban J connectivity index is 1.94. The van der Waals surface area contributed by atoms with Crippen LogP contribution in [0.25, 0.3) is 33.6 Å². The predicted octanol–water partition coefficient (Wildman–Crippen LogP) is 6.11. The number of methoxy groups -OCH3 is 3. The minimum atomic E-state index is 0.780. The Morgan fingerprint density at radius 3 is 1.50 bits per heavy atom. The van der Waals surface area contributed by atoms with Crippen LogP contribution in [-0.4, -0.2) is 26.3 Å². The van der Waals surface area contributed by atoms with Crippen molar-refractivity contribution in [3.63, 3.8) is 0 Å². The summed E-state index contributed by atoms with van der Waals surface area (Å²) < 4.78 is 16.5. The second kappa shape index (κ2) is 8.70. The Labute approximate surface area is 176 Å². The molecule has 4 aromatic rings. The molecule has 0 aliphatic heterocycles. The van der Waals surface area contributed by atoms with Crippen LogP contribution in [-0.2, 0) is 0 Å². The van der Waals surface area contributed by atoms with E-state index in [4.69, 9.17) is 19.2 Å². The first-order valence-electron chi connectivity index (χ1n) is 9.67. The molecular weight excluding hydrogens is 374 g/mol. The summed E-state index contributed by atoms with van der Waals surface area (Å²) in [4.78, 5) is 4.97. The van der Waals surface area contributed by atoms with E-state index >= 15 is 0 Å². The van der Waals surface area contributed by atoms with Crippen LogP contribution in [0, 0.1) is 0 Å². The van der Waals surface area contributed by atoms with E-state index < -0.39 is 0 Å². The second-order valence-corrected chi connectivity index (χ2v) is 6.76. The highest BCUT2D eigenvalue weighted by atomic mass is 16.5. The quantitative estimate of drug-likeness (QED) is 0.394. The number of nitrogens with zero attached hydrogens (tertiary/aromatic N) is 1. The SMILES string of the molecule is COc1ccc(-c2cc(-c3ccccc3OC)nc(-c3ccccc3OC)c2)cc1. The van der Waals surface area contributed by atoms with Crippen LogP contribution >= 0.6 is 0 Å². The fraction of sp³-hybridized carbons (Fsp3) is 0.115. The van der Waals surface area contributed by atoms with Crippen molar-refractivity contribution in [1.82, 2.24) is 4.98 Å². The summed E-state index contributed by atoms with van der Waals surface area (Å²) in [5.41, 5.74) is 5.67. The van der Waals surface area contributed by atoms with Crippen LogP contribution in [0.15, 0.2) is 84.9 Å². The molecule has 4 heteroatoms. The van der Waals surface area contributed by atoms with Crippen LogP contribution in [0.2, 0.25) is 0 Å². The van der Waals surface area contributed by atoms with Gasteiger partial charge in [0.05, 0.1) is 32.7 Å². The van der Waals surface area contributed by atoms with Crippen molar-refractivity contribution in [1.29, 1.82) is 0 Å². The fourth-order valence-corrected chi connectivity index (χ4v) is 3.47. The fourth-order valence-electron chi connectivity index (χ4n) is 3.47. The van der Waals surface area contributed by atoms with Crippen LogP contribution in [0.5, 0.6) is 17.2 Å². The van der Waals surface area contributed by atoms with Crippen LogP contribution in [0.3, 0.4) is 0 Å². The van der Waals surface area contributed by atoms with E-state index in [-0.39, 0.29) is 0 Å². The molecule has 0 fully saturated rings. The van der Waals surface area contributed by atoms with E-state index in [1.165, 1.54) is 0 Å². The van der Waals surface area contributed by atoms with Gasteiger partial charge in [-0.25, -0.2) is 4.98 Å². The van der Waals surface area contributed by atoms with Gasteiger partial charge in [0.2, 0.25) is 0 Å². The molecule has 0 unspecified atom stereocenters. The molecule has 0 saturated heterocycles. The third-order valence-corrected chi connectivity index (χ3v) is 5.01. The molecular formula is C26H23NO3. The van der Waals surface area contributed by atoms with Gasteiger partial charge in [-0.3, -0.25) is 0 Å². The highest BCUT2D eigenvalue weighted by Crippen LogP contribution is 2.36. The number of pyridine rings is 1. The summed E-state index contributed by atoms with van der Waals surface area (Å²) in [6, 6.07) is 28.0. The highest BCUT2D eigenvalue weighted by Gasteiger charge is 2.14. The maximum Gasteiger partial charge on any atom is 0.128 e.